The Bertz CT molecular complexity index is 926. The smallest absolute Gasteiger partial charge is 0.321 e. The zero-order valence-electron chi connectivity index (χ0n) is 16.4. The van der Waals surface area contributed by atoms with Crippen LogP contribution in [0.3, 0.4) is 0 Å². The molecule has 2 aromatic rings. The molecule has 1 aromatic carbocycles. The van der Waals surface area contributed by atoms with E-state index < -0.39 is 17.6 Å². The van der Waals surface area contributed by atoms with Crippen LogP contribution in [0, 0.1) is 0 Å². The summed E-state index contributed by atoms with van der Waals surface area (Å²) in [6.07, 6.45) is 3.70. The Morgan fingerprint density at radius 3 is 2.83 bits per heavy atom. The molecule has 158 valence electrons. The number of likely N-dealkylation sites (tertiary alicyclic amines) is 1. The largest absolute Gasteiger partial charge is 0.486 e. The van der Waals surface area contributed by atoms with Gasteiger partial charge in [0, 0.05) is 37.2 Å². The molecule has 3 heterocycles. The summed E-state index contributed by atoms with van der Waals surface area (Å²) < 4.78 is 26.3. The Labute approximate surface area is 173 Å². The molecule has 2 N–H and O–H groups in total. The number of aromatic nitrogens is 1. The number of piperidine rings is 1. The van der Waals surface area contributed by atoms with Crippen LogP contribution >= 0.6 is 0 Å². The molecule has 8 nitrogen and oxygen atoms in total. The number of hydrogen-bond donors (Lipinski definition) is 2. The minimum absolute atomic E-state index is 0.0691. The predicted octanol–water partition coefficient (Wildman–Crippen LogP) is 2.51. The lowest BCUT2D eigenvalue weighted by molar-refractivity contribution is -0.135. The molecule has 1 atom stereocenters. The van der Waals surface area contributed by atoms with Gasteiger partial charge in [-0.05, 0) is 36.6 Å². The molecular formula is C21H23FN4O4. The summed E-state index contributed by atoms with van der Waals surface area (Å²) in [6, 6.07) is 8.15. The van der Waals surface area contributed by atoms with E-state index in [-0.39, 0.29) is 19.5 Å². The SMILES string of the molecule is O=C(Nc1ccc2c(c1)OCCO2)N1CCCC(F)(C(=O)NCc2cccnc2)C1. The summed E-state index contributed by atoms with van der Waals surface area (Å²) in [5, 5.41) is 5.35. The summed E-state index contributed by atoms with van der Waals surface area (Å²) in [4.78, 5) is 30.4. The summed E-state index contributed by atoms with van der Waals surface area (Å²) in [7, 11) is 0. The highest BCUT2D eigenvalue weighted by Gasteiger charge is 2.43. The molecule has 1 fully saturated rings. The molecule has 2 aliphatic rings. The summed E-state index contributed by atoms with van der Waals surface area (Å²) in [6.45, 7) is 1.17. The second-order valence-corrected chi connectivity index (χ2v) is 7.32. The molecule has 30 heavy (non-hydrogen) atoms. The molecule has 1 unspecified atom stereocenters. The van der Waals surface area contributed by atoms with E-state index in [9.17, 15) is 9.59 Å². The number of hydrogen-bond acceptors (Lipinski definition) is 5. The maximum Gasteiger partial charge on any atom is 0.321 e. The average molecular weight is 414 g/mol. The predicted molar refractivity (Wildman–Crippen MR) is 107 cm³/mol. The van der Waals surface area contributed by atoms with E-state index in [1.807, 2.05) is 0 Å². The van der Waals surface area contributed by atoms with Crippen LogP contribution in [0.25, 0.3) is 0 Å². The quantitative estimate of drug-likeness (QED) is 0.802. The van der Waals surface area contributed by atoms with Crippen LogP contribution < -0.4 is 20.1 Å². The maximum atomic E-state index is 15.4. The lowest BCUT2D eigenvalue weighted by Crippen LogP contribution is -2.56. The second kappa shape index (κ2) is 8.56. The first-order valence-electron chi connectivity index (χ1n) is 9.85. The standard InChI is InChI=1S/C21H23FN4O4/c22-21(19(27)24-13-15-3-1-7-23-12-15)6-2-8-26(14-21)20(28)25-16-4-5-17-18(11-16)30-10-9-29-17/h1,3-5,7,11-12H,2,6,8-10,13-14H2,(H,24,27)(H,25,28). The number of halogens is 1. The minimum Gasteiger partial charge on any atom is -0.486 e. The fourth-order valence-corrected chi connectivity index (χ4v) is 3.54. The van der Waals surface area contributed by atoms with Gasteiger partial charge >= 0.3 is 6.03 Å². The van der Waals surface area contributed by atoms with E-state index in [0.717, 1.165) is 5.56 Å². The van der Waals surface area contributed by atoms with Gasteiger partial charge in [0.25, 0.3) is 5.91 Å². The first-order chi connectivity index (χ1) is 14.5. The number of carbonyl (C=O) groups is 2. The Kier molecular flexibility index (Phi) is 5.69. The summed E-state index contributed by atoms with van der Waals surface area (Å²) >= 11 is 0. The van der Waals surface area contributed by atoms with Crippen molar-refractivity contribution in [3.63, 3.8) is 0 Å². The summed E-state index contributed by atoms with van der Waals surface area (Å²) in [5.41, 5.74) is -0.844. The highest BCUT2D eigenvalue weighted by Crippen LogP contribution is 2.33. The molecule has 1 aromatic heterocycles. The number of urea groups is 1. The van der Waals surface area contributed by atoms with Gasteiger partial charge in [-0.2, -0.15) is 0 Å². The number of nitrogens with zero attached hydrogens (tertiary/aromatic N) is 2. The first-order valence-corrected chi connectivity index (χ1v) is 9.85. The number of carbonyl (C=O) groups excluding carboxylic acids is 2. The number of benzene rings is 1. The molecular weight excluding hydrogens is 391 g/mol. The molecule has 0 aliphatic carbocycles. The van der Waals surface area contributed by atoms with E-state index in [4.69, 9.17) is 9.47 Å². The van der Waals surface area contributed by atoms with Crippen molar-refractivity contribution in [1.82, 2.24) is 15.2 Å². The van der Waals surface area contributed by atoms with Crippen molar-refractivity contribution in [1.29, 1.82) is 0 Å². The molecule has 0 spiro atoms. The van der Waals surface area contributed by atoms with Crippen LogP contribution in [0.5, 0.6) is 11.5 Å². The van der Waals surface area contributed by atoms with Gasteiger partial charge in [0.2, 0.25) is 5.67 Å². The van der Waals surface area contributed by atoms with Crippen molar-refractivity contribution in [3.05, 3.63) is 48.3 Å². The molecule has 0 radical (unpaired) electrons. The lowest BCUT2D eigenvalue weighted by Gasteiger charge is -2.36. The normalized spacial score (nSPS) is 20.4. The lowest BCUT2D eigenvalue weighted by atomic mass is 9.94. The Morgan fingerprint density at radius 2 is 2.03 bits per heavy atom. The van der Waals surface area contributed by atoms with Crippen LogP contribution in [0.4, 0.5) is 14.9 Å². The third-order valence-corrected chi connectivity index (χ3v) is 5.11. The highest BCUT2D eigenvalue weighted by atomic mass is 19.1. The molecule has 4 rings (SSSR count). The fraction of sp³-hybridized carbons (Fsp3) is 0.381. The zero-order valence-corrected chi connectivity index (χ0v) is 16.4. The van der Waals surface area contributed by atoms with Crippen LogP contribution in [0.15, 0.2) is 42.7 Å². The molecule has 0 bridgehead atoms. The molecule has 3 amide bonds. The third-order valence-electron chi connectivity index (χ3n) is 5.11. The van der Waals surface area contributed by atoms with Gasteiger partial charge in [-0.15, -0.1) is 0 Å². The number of nitrogens with one attached hydrogen (secondary N) is 2. The van der Waals surface area contributed by atoms with Crippen molar-refractivity contribution < 1.29 is 23.5 Å². The molecule has 0 saturated carbocycles. The van der Waals surface area contributed by atoms with E-state index >= 15 is 4.39 Å². The minimum atomic E-state index is -2.13. The van der Waals surface area contributed by atoms with E-state index in [0.29, 0.717) is 43.4 Å². The van der Waals surface area contributed by atoms with Crippen LogP contribution in [-0.4, -0.2) is 53.8 Å². The maximum absolute atomic E-state index is 15.4. The number of alkyl halides is 1. The van der Waals surface area contributed by atoms with Crippen LogP contribution in [-0.2, 0) is 11.3 Å². The average Bonchev–Trinajstić information content (AvgIpc) is 2.78. The topological polar surface area (TPSA) is 92.8 Å². The number of rotatable bonds is 4. The molecule has 9 heteroatoms. The van der Waals surface area contributed by atoms with Crippen molar-refractivity contribution >= 4 is 17.6 Å². The van der Waals surface area contributed by atoms with E-state index in [1.165, 1.54) is 4.90 Å². The van der Waals surface area contributed by atoms with Crippen LogP contribution in [0.2, 0.25) is 0 Å². The number of fused-ring (bicyclic) bond motifs is 1. The van der Waals surface area contributed by atoms with Crippen molar-refractivity contribution in [2.75, 3.05) is 31.6 Å². The third kappa shape index (κ3) is 4.45. The van der Waals surface area contributed by atoms with Gasteiger partial charge < -0.3 is 25.0 Å². The number of anilines is 1. The summed E-state index contributed by atoms with van der Waals surface area (Å²) in [5.74, 6) is 0.445. The Hall–Kier alpha value is -3.36. The molecule has 2 aliphatic heterocycles. The van der Waals surface area contributed by atoms with Crippen LogP contribution in [0.1, 0.15) is 18.4 Å². The number of ether oxygens (including phenoxy) is 2. The van der Waals surface area contributed by atoms with Gasteiger partial charge in [0.1, 0.15) is 13.2 Å². The monoisotopic (exact) mass is 414 g/mol. The Morgan fingerprint density at radius 1 is 1.20 bits per heavy atom. The second-order valence-electron chi connectivity index (χ2n) is 7.32. The highest BCUT2D eigenvalue weighted by molar-refractivity contribution is 5.91. The van der Waals surface area contributed by atoms with Crippen molar-refractivity contribution in [3.8, 4) is 11.5 Å². The van der Waals surface area contributed by atoms with Gasteiger partial charge in [-0.25, -0.2) is 9.18 Å². The van der Waals surface area contributed by atoms with E-state index in [1.54, 1.807) is 42.7 Å². The Balaban J connectivity index is 1.36. The van der Waals surface area contributed by atoms with E-state index in [2.05, 4.69) is 15.6 Å². The van der Waals surface area contributed by atoms with Gasteiger partial charge in [-0.1, -0.05) is 6.07 Å². The van der Waals surface area contributed by atoms with Gasteiger partial charge in [-0.3, -0.25) is 9.78 Å². The zero-order chi connectivity index (χ0) is 21.0. The fourth-order valence-electron chi connectivity index (χ4n) is 3.54. The first kappa shape index (κ1) is 19.9. The van der Waals surface area contributed by atoms with Gasteiger partial charge in [0.05, 0.1) is 6.54 Å². The van der Waals surface area contributed by atoms with Crippen molar-refractivity contribution in [2.24, 2.45) is 0 Å². The number of pyridine rings is 1. The number of amides is 3. The molecule has 1 saturated heterocycles. The van der Waals surface area contributed by atoms with Crippen molar-refractivity contribution in [2.45, 2.75) is 25.1 Å². The van der Waals surface area contributed by atoms with Gasteiger partial charge in [0.15, 0.2) is 11.5 Å².